The number of aliphatic hydroxyl groups is 1. The van der Waals surface area contributed by atoms with Crippen molar-refractivity contribution in [3.63, 3.8) is 0 Å². The number of rotatable bonds is 3. The average molecular weight is 248 g/mol. The molecule has 1 atom stereocenters. The fraction of sp³-hybridized carbons (Fsp3) is 0.200. The largest absolute Gasteiger partial charge is 0.382 e. The lowest BCUT2D eigenvalue weighted by atomic mass is 9.97. The summed E-state index contributed by atoms with van der Waals surface area (Å²) in [7, 11) is 0. The summed E-state index contributed by atoms with van der Waals surface area (Å²) in [6.45, 7) is 1.87. The maximum Gasteiger partial charge on any atom is 0.302 e. The molecule has 0 spiro atoms. The average Bonchev–Trinajstić information content (AvgIpc) is 2.40. The molecule has 0 amide bonds. The number of hydrogen-bond donors (Lipinski definition) is 1. The summed E-state index contributed by atoms with van der Waals surface area (Å²) >= 11 is 0. The minimum Gasteiger partial charge on any atom is -0.382 e. The van der Waals surface area contributed by atoms with E-state index in [1.807, 2.05) is 6.92 Å². The number of hydrogen-bond acceptors (Lipinski definition) is 1. The highest BCUT2D eigenvalue weighted by Gasteiger charge is 2.41. The zero-order valence-electron chi connectivity index (χ0n) is 9.98. The maximum absolute atomic E-state index is 14.1. The van der Waals surface area contributed by atoms with Crippen LogP contribution >= 0.6 is 0 Å². The predicted octanol–water partition coefficient (Wildman–Crippen LogP) is 3.82. The molecule has 0 aliphatic heterocycles. The Morgan fingerprint density at radius 1 is 0.944 bits per heavy atom. The fourth-order valence-corrected chi connectivity index (χ4v) is 1.78. The lowest BCUT2D eigenvalue weighted by Crippen LogP contribution is -2.23. The van der Waals surface area contributed by atoms with E-state index in [0.29, 0.717) is 0 Å². The molecule has 1 N–H and O–H groups in total. The molecule has 1 nitrogen and oxygen atoms in total. The van der Waals surface area contributed by atoms with Crippen molar-refractivity contribution >= 4 is 0 Å². The number of alkyl halides is 2. The first-order valence-electron chi connectivity index (χ1n) is 5.70. The fourth-order valence-electron chi connectivity index (χ4n) is 1.78. The van der Waals surface area contributed by atoms with Gasteiger partial charge in [0, 0.05) is 5.56 Å². The summed E-state index contributed by atoms with van der Waals surface area (Å²) in [4.78, 5) is 0. The SMILES string of the molecule is Cc1ccc(C(O)C(F)(F)c2ccccc2)cc1. The van der Waals surface area contributed by atoms with Gasteiger partial charge < -0.3 is 5.11 Å². The molecule has 0 radical (unpaired) electrons. The van der Waals surface area contributed by atoms with Crippen LogP contribution in [0.25, 0.3) is 0 Å². The molecule has 0 aliphatic rings. The minimum absolute atomic E-state index is 0.182. The molecule has 2 aromatic rings. The van der Waals surface area contributed by atoms with Crippen molar-refractivity contribution in [1.82, 2.24) is 0 Å². The molecule has 0 saturated carbocycles. The van der Waals surface area contributed by atoms with E-state index in [1.165, 1.54) is 36.4 Å². The Balaban J connectivity index is 2.32. The van der Waals surface area contributed by atoms with Gasteiger partial charge in [-0.1, -0.05) is 60.2 Å². The lowest BCUT2D eigenvalue weighted by molar-refractivity contribution is -0.117. The first-order valence-corrected chi connectivity index (χ1v) is 5.70. The standard InChI is InChI=1S/C15H14F2O/c1-11-7-9-12(10-8-11)14(18)15(16,17)13-5-3-2-4-6-13/h2-10,14,18H,1H3. The van der Waals surface area contributed by atoms with Gasteiger partial charge in [-0.2, -0.15) is 8.78 Å². The zero-order valence-corrected chi connectivity index (χ0v) is 9.98. The van der Waals surface area contributed by atoms with E-state index >= 15 is 0 Å². The molecule has 1 unspecified atom stereocenters. The molecule has 18 heavy (non-hydrogen) atoms. The zero-order chi connectivity index (χ0) is 13.2. The normalized spacial score (nSPS) is 13.3. The van der Waals surface area contributed by atoms with Crippen molar-refractivity contribution in [3.8, 4) is 0 Å². The number of aryl methyl sites for hydroxylation is 1. The van der Waals surface area contributed by atoms with Crippen molar-refractivity contribution < 1.29 is 13.9 Å². The van der Waals surface area contributed by atoms with E-state index in [0.717, 1.165) is 5.56 Å². The van der Waals surface area contributed by atoms with Crippen LogP contribution in [-0.4, -0.2) is 5.11 Å². The Morgan fingerprint density at radius 3 is 2.06 bits per heavy atom. The van der Waals surface area contributed by atoms with Crippen molar-refractivity contribution in [2.24, 2.45) is 0 Å². The van der Waals surface area contributed by atoms with E-state index < -0.39 is 12.0 Å². The van der Waals surface area contributed by atoms with Crippen LogP contribution in [0.2, 0.25) is 0 Å². The smallest absolute Gasteiger partial charge is 0.302 e. The highest BCUT2D eigenvalue weighted by Crippen LogP contribution is 2.40. The molecule has 0 bridgehead atoms. The molecule has 0 saturated heterocycles. The third kappa shape index (κ3) is 2.41. The van der Waals surface area contributed by atoms with Gasteiger partial charge in [0.2, 0.25) is 0 Å². The highest BCUT2D eigenvalue weighted by atomic mass is 19.3. The van der Waals surface area contributed by atoms with Gasteiger partial charge in [0.1, 0.15) is 6.10 Å². The Hall–Kier alpha value is -1.74. The molecule has 0 fully saturated rings. The van der Waals surface area contributed by atoms with Gasteiger partial charge in [-0.05, 0) is 12.5 Å². The van der Waals surface area contributed by atoms with Gasteiger partial charge >= 0.3 is 5.92 Å². The second-order valence-electron chi connectivity index (χ2n) is 4.30. The van der Waals surface area contributed by atoms with Crippen LogP contribution in [0.15, 0.2) is 54.6 Å². The summed E-state index contributed by atoms with van der Waals surface area (Å²) < 4.78 is 28.2. The Morgan fingerprint density at radius 2 is 1.50 bits per heavy atom. The quantitative estimate of drug-likeness (QED) is 0.875. The predicted molar refractivity (Wildman–Crippen MR) is 66.5 cm³/mol. The van der Waals surface area contributed by atoms with Crippen LogP contribution in [0.3, 0.4) is 0 Å². The molecular weight excluding hydrogens is 234 g/mol. The summed E-state index contributed by atoms with van der Waals surface area (Å²) in [5.41, 5.74) is 1.00. The van der Waals surface area contributed by atoms with E-state index in [-0.39, 0.29) is 11.1 Å². The summed E-state index contributed by atoms with van der Waals surface area (Å²) in [6, 6.07) is 13.8. The molecule has 0 aromatic heterocycles. The minimum atomic E-state index is -3.30. The molecule has 0 aliphatic carbocycles. The molecule has 2 rings (SSSR count). The molecule has 3 heteroatoms. The van der Waals surface area contributed by atoms with Crippen molar-refractivity contribution in [2.45, 2.75) is 19.0 Å². The van der Waals surface area contributed by atoms with E-state index in [2.05, 4.69) is 0 Å². The van der Waals surface area contributed by atoms with Crippen LogP contribution in [-0.2, 0) is 5.92 Å². The number of halogens is 2. The lowest BCUT2D eigenvalue weighted by Gasteiger charge is -2.23. The molecule has 0 heterocycles. The van der Waals surface area contributed by atoms with Crippen LogP contribution < -0.4 is 0 Å². The van der Waals surface area contributed by atoms with E-state index in [4.69, 9.17) is 0 Å². The monoisotopic (exact) mass is 248 g/mol. The molecule has 94 valence electrons. The Bertz CT molecular complexity index is 506. The second kappa shape index (κ2) is 4.86. The number of aliphatic hydroxyl groups excluding tert-OH is 1. The van der Waals surface area contributed by atoms with Gasteiger partial charge in [0.25, 0.3) is 0 Å². The van der Waals surface area contributed by atoms with Crippen LogP contribution in [0.5, 0.6) is 0 Å². The van der Waals surface area contributed by atoms with Crippen LogP contribution in [0.1, 0.15) is 22.8 Å². The van der Waals surface area contributed by atoms with Crippen molar-refractivity contribution in [3.05, 3.63) is 71.3 Å². The van der Waals surface area contributed by atoms with E-state index in [9.17, 15) is 13.9 Å². The summed E-state index contributed by atoms with van der Waals surface area (Å²) in [6.07, 6.45) is -1.83. The summed E-state index contributed by atoms with van der Waals surface area (Å²) in [5, 5.41) is 9.84. The van der Waals surface area contributed by atoms with Gasteiger partial charge in [0.15, 0.2) is 0 Å². The van der Waals surface area contributed by atoms with Crippen LogP contribution in [0.4, 0.5) is 8.78 Å². The maximum atomic E-state index is 14.1. The molecule has 2 aromatic carbocycles. The highest BCUT2D eigenvalue weighted by molar-refractivity contribution is 5.29. The Kier molecular flexibility index (Phi) is 3.43. The Labute approximate surface area is 105 Å². The van der Waals surface area contributed by atoms with Crippen molar-refractivity contribution in [2.75, 3.05) is 0 Å². The van der Waals surface area contributed by atoms with Gasteiger partial charge in [-0.3, -0.25) is 0 Å². The number of benzene rings is 2. The molecular formula is C15H14F2O. The van der Waals surface area contributed by atoms with E-state index in [1.54, 1.807) is 18.2 Å². The third-order valence-corrected chi connectivity index (χ3v) is 2.90. The first kappa shape index (κ1) is 12.7. The first-order chi connectivity index (χ1) is 8.51. The second-order valence-corrected chi connectivity index (χ2v) is 4.30. The van der Waals surface area contributed by atoms with Gasteiger partial charge in [-0.15, -0.1) is 0 Å². The van der Waals surface area contributed by atoms with Crippen molar-refractivity contribution in [1.29, 1.82) is 0 Å². The van der Waals surface area contributed by atoms with Gasteiger partial charge in [0.05, 0.1) is 0 Å². The third-order valence-electron chi connectivity index (χ3n) is 2.90. The summed E-state index contributed by atoms with van der Waals surface area (Å²) in [5.74, 6) is -3.30. The van der Waals surface area contributed by atoms with Gasteiger partial charge in [-0.25, -0.2) is 0 Å². The topological polar surface area (TPSA) is 20.2 Å². The van der Waals surface area contributed by atoms with Crippen LogP contribution in [0, 0.1) is 6.92 Å².